The number of alkyl halides is 1. The molecule has 0 unspecified atom stereocenters. The summed E-state index contributed by atoms with van der Waals surface area (Å²) >= 11 is 6.02. The molecule has 2 heterocycles. The van der Waals surface area contributed by atoms with Crippen molar-refractivity contribution in [3.63, 3.8) is 0 Å². The second kappa shape index (κ2) is 5.29. The fourth-order valence-electron chi connectivity index (χ4n) is 2.43. The largest absolute Gasteiger partial charge is 0.325 e. The summed E-state index contributed by atoms with van der Waals surface area (Å²) in [4.78, 5) is 4.61. The zero-order chi connectivity index (χ0) is 14.1. The minimum Gasteiger partial charge on any atom is -0.325 e. The van der Waals surface area contributed by atoms with E-state index in [4.69, 9.17) is 11.6 Å². The number of nitrogens with zero attached hydrogens (tertiary/aromatic N) is 4. The van der Waals surface area contributed by atoms with Gasteiger partial charge in [0, 0.05) is 12.7 Å². The highest BCUT2D eigenvalue weighted by molar-refractivity contribution is 6.16. The third kappa shape index (κ3) is 2.43. The van der Waals surface area contributed by atoms with E-state index in [0.29, 0.717) is 5.88 Å². The molecule has 0 fully saturated rings. The number of aryl methyl sites for hydroxylation is 4. The summed E-state index contributed by atoms with van der Waals surface area (Å²) in [6, 6.07) is 6.32. The number of imidazole rings is 1. The van der Waals surface area contributed by atoms with Gasteiger partial charge in [-0.15, -0.1) is 11.6 Å². The van der Waals surface area contributed by atoms with Crippen molar-refractivity contribution in [3.05, 3.63) is 47.5 Å². The summed E-state index contributed by atoms with van der Waals surface area (Å²) in [6.45, 7) is 5.76. The van der Waals surface area contributed by atoms with Gasteiger partial charge in [0.2, 0.25) is 0 Å². The number of aromatic nitrogens is 4. The molecule has 0 radical (unpaired) electrons. The second-order valence-corrected chi connectivity index (χ2v) is 5.35. The van der Waals surface area contributed by atoms with Crippen molar-refractivity contribution in [3.8, 4) is 0 Å². The van der Waals surface area contributed by atoms with Gasteiger partial charge in [-0.1, -0.05) is 6.07 Å². The van der Waals surface area contributed by atoms with Crippen LogP contribution in [0, 0.1) is 13.8 Å². The van der Waals surface area contributed by atoms with Gasteiger partial charge in [-0.2, -0.15) is 5.10 Å². The van der Waals surface area contributed by atoms with Crippen molar-refractivity contribution in [2.24, 2.45) is 0 Å². The van der Waals surface area contributed by atoms with Crippen LogP contribution in [0.15, 0.2) is 30.6 Å². The van der Waals surface area contributed by atoms with Crippen molar-refractivity contribution in [1.82, 2.24) is 19.3 Å². The summed E-state index contributed by atoms with van der Waals surface area (Å²) in [5.74, 6) is 1.34. The van der Waals surface area contributed by atoms with Crippen LogP contribution >= 0.6 is 11.6 Å². The van der Waals surface area contributed by atoms with Gasteiger partial charge in [0.15, 0.2) is 0 Å². The van der Waals surface area contributed by atoms with Crippen LogP contribution in [0.1, 0.15) is 17.0 Å². The van der Waals surface area contributed by atoms with Gasteiger partial charge in [-0.25, -0.2) is 4.98 Å². The molecule has 3 aromatic rings. The molecule has 3 rings (SSSR count). The minimum absolute atomic E-state index is 0.422. The Morgan fingerprint density at radius 1 is 1.15 bits per heavy atom. The Morgan fingerprint density at radius 3 is 2.70 bits per heavy atom. The smallest absolute Gasteiger partial charge is 0.124 e. The monoisotopic (exact) mass is 288 g/mol. The average Bonchev–Trinajstić information content (AvgIpc) is 2.99. The summed E-state index contributed by atoms with van der Waals surface area (Å²) in [6.07, 6.45) is 3.92. The van der Waals surface area contributed by atoms with Crippen LogP contribution in [0.5, 0.6) is 0 Å². The Hall–Kier alpha value is -1.81. The first kappa shape index (κ1) is 13.2. The van der Waals surface area contributed by atoms with E-state index in [-0.39, 0.29) is 0 Å². The lowest BCUT2D eigenvalue weighted by Gasteiger charge is -2.08. The summed E-state index contributed by atoms with van der Waals surface area (Å²) < 4.78 is 4.13. The minimum atomic E-state index is 0.422. The van der Waals surface area contributed by atoms with E-state index >= 15 is 0 Å². The molecule has 0 amide bonds. The summed E-state index contributed by atoms with van der Waals surface area (Å²) in [7, 11) is 0. The van der Waals surface area contributed by atoms with Gasteiger partial charge in [-0.05, 0) is 37.1 Å². The predicted molar refractivity (Wildman–Crippen MR) is 81.0 cm³/mol. The maximum atomic E-state index is 6.02. The summed E-state index contributed by atoms with van der Waals surface area (Å²) in [5, 5.41) is 4.31. The lowest BCUT2D eigenvalue weighted by atomic mass is 10.2. The van der Waals surface area contributed by atoms with E-state index in [2.05, 4.69) is 39.8 Å². The first-order chi connectivity index (χ1) is 9.67. The molecule has 0 aliphatic heterocycles. The molecule has 1 aromatic carbocycles. The standard InChI is InChI=1S/C15H17ClN4/c1-11-3-4-14-13(7-11)18-15(8-16)20(14)6-5-19-10-12(2)9-17-19/h3-4,7,9-10H,5-6,8H2,1-2H3. The lowest BCUT2D eigenvalue weighted by Crippen LogP contribution is -2.10. The third-order valence-electron chi connectivity index (χ3n) is 3.42. The van der Waals surface area contributed by atoms with Gasteiger partial charge in [0.25, 0.3) is 0 Å². The van der Waals surface area contributed by atoms with Crippen molar-refractivity contribution >= 4 is 22.6 Å². The highest BCUT2D eigenvalue weighted by atomic mass is 35.5. The topological polar surface area (TPSA) is 35.6 Å². The number of benzene rings is 1. The Morgan fingerprint density at radius 2 is 2.00 bits per heavy atom. The second-order valence-electron chi connectivity index (χ2n) is 5.09. The van der Waals surface area contributed by atoms with Crippen molar-refractivity contribution in [2.75, 3.05) is 0 Å². The van der Waals surface area contributed by atoms with E-state index in [9.17, 15) is 0 Å². The van der Waals surface area contributed by atoms with Crippen LogP contribution in [0.25, 0.3) is 11.0 Å². The van der Waals surface area contributed by atoms with E-state index in [1.165, 1.54) is 11.1 Å². The molecule has 0 aliphatic rings. The van der Waals surface area contributed by atoms with Crippen LogP contribution in [-0.4, -0.2) is 19.3 Å². The van der Waals surface area contributed by atoms with Gasteiger partial charge in [-0.3, -0.25) is 4.68 Å². The van der Waals surface area contributed by atoms with E-state index in [0.717, 1.165) is 29.9 Å². The Bertz CT molecular complexity index is 741. The highest BCUT2D eigenvalue weighted by Crippen LogP contribution is 2.19. The van der Waals surface area contributed by atoms with Crippen LogP contribution in [0.2, 0.25) is 0 Å². The number of rotatable bonds is 4. The van der Waals surface area contributed by atoms with Crippen LogP contribution in [0.4, 0.5) is 0 Å². The number of fused-ring (bicyclic) bond motifs is 1. The fraction of sp³-hybridized carbons (Fsp3) is 0.333. The Balaban J connectivity index is 1.93. The van der Waals surface area contributed by atoms with Crippen molar-refractivity contribution < 1.29 is 0 Å². The molecule has 0 N–H and O–H groups in total. The number of hydrogen-bond acceptors (Lipinski definition) is 2. The van der Waals surface area contributed by atoms with Gasteiger partial charge < -0.3 is 4.57 Å². The molecule has 104 valence electrons. The van der Waals surface area contributed by atoms with Gasteiger partial charge in [0.05, 0.1) is 29.7 Å². The van der Waals surface area contributed by atoms with Gasteiger partial charge in [0.1, 0.15) is 5.82 Å². The molecular formula is C15H17ClN4. The third-order valence-corrected chi connectivity index (χ3v) is 3.66. The maximum absolute atomic E-state index is 6.02. The predicted octanol–water partition coefficient (Wildman–Crippen LogP) is 3.29. The zero-order valence-corrected chi connectivity index (χ0v) is 12.4. The molecule has 4 nitrogen and oxygen atoms in total. The fourth-order valence-corrected chi connectivity index (χ4v) is 2.64. The molecule has 2 aromatic heterocycles. The molecule has 20 heavy (non-hydrogen) atoms. The van der Waals surface area contributed by atoms with E-state index in [1.54, 1.807) is 0 Å². The molecule has 0 spiro atoms. The molecule has 0 saturated heterocycles. The van der Waals surface area contributed by atoms with Crippen molar-refractivity contribution in [1.29, 1.82) is 0 Å². The normalized spacial score (nSPS) is 11.3. The van der Waals surface area contributed by atoms with Crippen LogP contribution in [-0.2, 0) is 19.0 Å². The average molecular weight is 289 g/mol. The lowest BCUT2D eigenvalue weighted by molar-refractivity contribution is 0.532. The maximum Gasteiger partial charge on any atom is 0.124 e. The molecule has 0 saturated carbocycles. The molecular weight excluding hydrogens is 272 g/mol. The Kier molecular flexibility index (Phi) is 3.49. The SMILES string of the molecule is Cc1ccc2c(c1)nc(CCl)n2CCn1cc(C)cn1. The zero-order valence-electron chi connectivity index (χ0n) is 11.7. The van der Waals surface area contributed by atoms with Crippen LogP contribution in [0.3, 0.4) is 0 Å². The summed E-state index contributed by atoms with van der Waals surface area (Å²) in [5.41, 5.74) is 4.53. The highest BCUT2D eigenvalue weighted by Gasteiger charge is 2.10. The van der Waals surface area contributed by atoms with Gasteiger partial charge >= 0.3 is 0 Å². The van der Waals surface area contributed by atoms with E-state index < -0.39 is 0 Å². The molecule has 0 bridgehead atoms. The number of halogens is 1. The number of hydrogen-bond donors (Lipinski definition) is 0. The molecule has 5 heteroatoms. The molecule has 0 atom stereocenters. The van der Waals surface area contributed by atoms with E-state index in [1.807, 2.05) is 24.0 Å². The quantitative estimate of drug-likeness (QED) is 0.691. The van der Waals surface area contributed by atoms with Crippen molar-refractivity contribution in [2.45, 2.75) is 32.8 Å². The molecule has 0 aliphatic carbocycles. The Labute approximate surface area is 123 Å². The first-order valence-electron chi connectivity index (χ1n) is 6.68. The first-order valence-corrected chi connectivity index (χ1v) is 7.21. The van der Waals surface area contributed by atoms with Crippen LogP contribution < -0.4 is 0 Å².